The summed E-state index contributed by atoms with van der Waals surface area (Å²) in [4.78, 5) is 17.7. The van der Waals surface area contributed by atoms with Gasteiger partial charge in [-0.2, -0.15) is 0 Å². The third kappa shape index (κ3) is 2.25. The molecule has 0 radical (unpaired) electrons. The van der Waals surface area contributed by atoms with Crippen molar-refractivity contribution in [2.24, 2.45) is 0 Å². The van der Waals surface area contributed by atoms with Gasteiger partial charge in [0.15, 0.2) is 11.3 Å². The number of nitrogens with zero attached hydrogens (tertiary/aromatic N) is 3. The van der Waals surface area contributed by atoms with Crippen LogP contribution in [0.3, 0.4) is 0 Å². The Bertz CT molecular complexity index is 717. The molecule has 96 valence electrons. The average Bonchev–Trinajstić information content (AvgIpc) is 3.04. The van der Waals surface area contributed by atoms with E-state index in [1.165, 1.54) is 10.7 Å². The fourth-order valence-corrected chi connectivity index (χ4v) is 1.74. The number of aromatic nitrogens is 4. The second-order valence-electron chi connectivity index (χ2n) is 4.03. The summed E-state index contributed by atoms with van der Waals surface area (Å²) in [6, 6.07) is 5.45. The van der Waals surface area contributed by atoms with Crippen LogP contribution in [-0.2, 0) is 6.54 Å². The number of imidazole rings is 1. The van der Waals surface area contributed by atoms with Crippen molar-refractivity contribution in [1.82, 2.24) is 19.6 Å². The Balaban J connectivity index is 1.82. The number of rotatable bonds is 4. The number of fused-ring (bicyclic) bond motifs is 1. The van der Waals surface area contributed by atoms with Gasteiger partial charge < -0.3 is 15.4 Å². The lowest BCUT2D eigenvalue weighted by atomic mass is 10.3. The lowest BCUT2D eigenvalue weighted by molar-refractivity contribution is 0.0691. The van der Waals surface area contributed by atoms with Crippen LogP contribution in [-0.4, -0.2) is 30.7 Å². The summed E-state index contributed by atoms with van der Waals surface area (Å²) in [5.41, 5.74) is 1.60. The first-order valence-electron chi connectivity index (χ1n) is 5.67. The standard InChI is InChI=1S/C12H11N5O2/c18-12(19)9-7-17-11(15-9)2-1-10(16-17)14-6-8-3-4-13-5-8/h1-5,7,13H,6H2,(H,14,16)(H,18,19). The van der Waals surface area contributed by atoms with Gasteiger partial charge in [-0.05, 0) is 23.8 Å². The molecule has 0 unspecified atom stereocenters. The van der Waals surface area contributed by atoms with Crippen LogP contribution in [0.5, 0.6) is 0 Å². The Morgan fingerprint density at radius 2 is 2.32 bits per heavy atom. The van der Waals surface area contributed by atoms with Crippen LogP contribution in [0.2, 0.25) is 0 Å². The molecule has 3 N–H and O–H groups in total. The number of carboxylic acids is 1. The van der Waals surface area contributed by atoms with Crippen molar-refractivity contribution in [3.8, 4) is 0 Å². The normalized spacial score (nSPS) is 10.7. The fraction of sp³-hybridized carbons (Fsp3) is 0.0833. The van der Waals surface area contributed by atoms with Gasteiger partial charge in [0.25, 0.3) is 0 Å². The van der Waals surface area contributed by atoms with E-state index in [1.54, 1.807) is 12.1 Å². The van der Waals surface area contributed by atoms with Crippen molar-refractivity contribution in [3.05, 3.63) is 48.0 Å². The van der Waals surface area contributed by atoms with Crippen molar-refractivity contribution in [1.29, 1.82) is 0 Å². The maximum Gasteiger partial charge on any atom is 0.356 e. The minimum absolute atomic E-state index is 0.0183. The molecular weight excluding hydrogens is 246 g/mol. The minimum atomic E-state index is -1.06. The van der Waals surface area contributed by atoms with Gasteiger partial charge in [-0.25, -0.2) is 14.3 Å². The number of anilines is 1. The van der Waals surface area contributed by atoms with Gasteiger partial charge in [0.1, 0.15) is 5.82 Å². The third-order valence-corrected chi connectivity index (χ3v) is 2.68. The Labute approximate surface area is 107 Å². The second-order valence-corrected chi connectivity index (χ2v) is 4.03. The number of aromatic amines is 1. The number of carbonyl (C=O) groups is 1. The molecule has 0 atom stereocenters. The molecule has 0 bridgehead atoms. The zero-order valence-corrected chi connectivity index (χ0v) is 9.87. The smallest absolute Gasteiger partial charge is 0.356 e. The van der Waals surface area contributed by atoms with E-state index in [0.29, 0.717) is 18.0 Å². The molecule has 3 rings (SSSR count). The number of aromatic carboxylic acids is 1. The summed E-state index contributed by atoms with van der Waals surface area (Å²) in [5.74, 6) is -0.407. The van der Waals surface area contributed by atoms with Crippen LogP contribution >= 0.6 is 0 Å². The van der Waals surface area contributed by atoms with Crippen molar-refractivity contribution in [2.45, 2.75) is 6.54 Å². The van der Waals surface area contributed by atoms with Gasteiger partial charge >= 0.3 is 5.97 Å². The van der Waals surface area contributed by atoms with Gasteiger partial charge in [-0.1, -0.05) is 0 Å². The van der Waals surface area contributed by atoms with E-state index < -0.39 is 5.97 Å². The highest BCUT2D eigenvalue weighted by atomic mass is 16.4. The van der Waals surface area contributed by atoms with Crippen LogP contribution in [0, 0.1) is 0 Å². The molecule has 0 spiro atoms. The van der Waals surface area contributed by atoms with Crippen LogP contribution < -0.4 is 5.32 Å². The average molecular weight is 257 g/mol. The van der Waals surface area contributed by atoms with Crippen LogP contribution in [0.15, 0.2) is 36.8 Å². The van der Waals surface area contributed by atoms with Crippen molar-refractivity contribution in [2.75, 3.05) is 5.32 Å². The summed E-state index contributed by atoms with van der Waals surface area (Å²) in [5, 5.41) is 16.3. The fourth-order valence-electron chi connectivity index (χ4n) is 1.74. The van der Waals surface area contributed by atoms with E-state index in [1.807, 2.05) is 18.5 Å². The molecule has 7 nitrogen and oxygen atoms in total. The molecule has 0 aliphatic heterocycles. The molecular formula is C12H11N5O2. The summed E-state index contributed by atoms with van der Waals surface area (Å²) >= 11 is 0. The Morgan fingerprint density at radius 3 is 3.05 bits per heavy atom. The number of carboxylic acid groups (broad SMARTS) is 1. The summed E-state index contributed by atoms with van der Waals surface area (Å²) in [6.45, 7) is 0.641. The highest BCUT2D eigenvalue weighted by Crippen LogP contribution is 2.09. The van der Waals surface area contributed by atoms with E-state index in [2.05, 4.69) is 20.4 Å². The Kier molecular flexibility index (Phi) is 2.64. The van der Waals surface area contributed by atoms with Gasteiger partial charge in [0.2, 0.25) is 0 Å². The molecule has 0 aliphatic rings. The number of hydrogen-bond acceptors (Lipinski definition) is 4. The quantitative estimate of drug-likeness (QED) is 0.656. The third-order valence-electron chi connectivity index (χ3n) is 2.68. The number of H-pyrrole nitrogens is 1. The van der Waals surface area contributed by atoms with Crippen LogP contribution in [0.1, 0.15) is 16.1 Å². The highest BCUT2D eigenvalue weighted by Gasteiger charge is 2.09. The first kappa shape index (κ1) is 11.3. The first-order chi connectivity index (χ1) is 9.22. The van der Waals surface area contributed by atoms with Crippen molar-refractivity contribution < 1.29 is 9.90 Å². The molecule has 0 aromatic carbocycles. The Morgan fingerprint density at radius 1 is 1.42 bits per heavy atom. The molecule has 19 heavy (non-hydrogen) atoms. The molecule has 7 heteroatoms. The van der Waals surface area contributed by atoms with Gasteiger partial charge in [-0.3, -0.25) is 0 Å². The second kappa shape index (κ2) is 4.45. The SMILES string of the molecule is O=C(O)c1cn2nc(NCc3cc[nH]c3)ccc2n1. The maximum atomic E-state index is 10.8. The molecule has 0 saturated heterocycles. The predicted molar refractivity (Wildman–Crippen MR) is 68.1 cm³/mol. The summed E-state index contributed by atoms with van der Waals surface area (Å²) in [7, 11) is 0. The first-order valence-corrected chi connectivity index (χ1v) is 5.67. The number of hydrogen-bond donors (Lipinski definition) is 3. The molecule has 3 aromatic rings. The van der Waals surface area contributed by atoms with E-state index in [9.17, 15) is 4.79 Å². The van der Waals surface area contributed by atoms with Gasteiger partial charge in [-0.15, -0.1) is 5.10 Å². The summed E-state index contributed by atoms with van der Waals surface area (Å²) in [6.07, 6.45) is 5.13. The monoisotopic (exact) mass is 257 g/mol. The molecule has 0 amide bonds. The van der Waals surface area contributed by atoms with Crippen molar-refractivity contribution in [3.63, 3.8) is 0 Å². The number of nitrogens with one attached hydrogen (secondary N) is 2. The molecule has 3 aromatic heterocycles. The van der Waals surface area contributed by atoms with E-state index in [0.717, 1.165) is 5.56 Å². The lowest BCUT2D eigenvalue weighted by Gasteiger charge is -2.03. The van der Waals surface area contributed by atoms with E-state index >= 15 is 0 Å². The zero-order chi connectivity index (χ0) is 13.2. The maximum absolute atomic E-state index is 10.8. The Hall–Kier alpha value is -2.83. The molecule has 0 saturated carbocycles. The largest absolute Gasteiger partial charge is 0.476 e. The van der Waals surface area contributed by atoms with E-state index in [4.69, 9.17) is 5.11 Å². The van der Waals surface area contributed by atoms with Gasteiger partial charge in [0.05, 0.1) is 6.20 Å². The van der Waals surface area contributed by atoms with E-state index in [-0.39, 0.29) is 5.69 Å². The van der Waals surface area contributed by atoms with Crippen molar-refractivity contribution >= 4 is 17.4 Å². The van der Waals surface area contributed by atoms with Crippen LogP contribution in [0.25, 0.3) is 5.65 Å². The molecule has 0 aliphatic carbocycles. The van der Waals surface area contributed by atoms with Gasteiger partial charge in [0, 0.05) is 18.9 Å². The van der Waals surface area contributed by atoms with Crippen LogP contribution in [0.4, 0.5) is 5.82 Å². The lowest BCUT2D eigenvalue weighted by Crippen LogP contribution is -2.03. The zero-order valence-electron chi connectivity index (χ0n) is 9.87. The molecule has 0 fully saturated rings. The topological polar surface area (TPSA) is 95.3 Å². The predicted octanol–water partition coefficient (Wildman–Crippen LogP) is 1.37. The highest BCUT2D eigenvalue weighted by molar-refractivity contribution is 5.86. The molecule has 3 heterocycles. The minimum Gasteiger partial charge on any atom is -0.476 e. The summed E-state index contributed by atoms with van der Waals surface area (Å²) < 4.78 is 1.45.